The summed E-state index contributed by atoms with van der Waals surface area (Å²) in [6.45, 7) is 1.87. The summed E-state index contributed by atoms with van der Waals surface area (Å²) in [5.74, 6) is -0.209. The molecule has 0 aliphatic heterocycles. The Morgan fingerprint density at radius 3 is 2.50 bits per heavy atom. The van der Waals surface area contributed by atoms with Crippen LogP contribution in [0.3, 0.4) is 0 Å². The van der Waals surface area contributed by atoms with Crippen LogP contribution in [0.25, 0.3) is 6.08 Å². The van der Waals surface area contributed by atoms with Gasteiger partial charge in [0.05, 0.1) is 17.7 Å². The highest BCUT2D eigenvalue weighted by molar-refractivity contribution is 7.91. The molecular weight excluding hydrogens is 354 g/mol. The van der Waals surface area contributed by atoms with Crippen LogP contribution in [-0.2, 0) is 16.9 Å². The number of nitrogens with zero attached hydrogens (tertiary/aromatic N) is 3. The van der Waals surface area contributed by atoms with E-state index >= 15 is 0 Å². The quantitative estimate of drug-likeness (QED) is 0.443. The molecule has 2 rings (SSSR count). The molecule has 0 bridgehead atoms. The van der Waals surface area contributed by atoms with Gasteiger partial charge in [0.2, 0.25) is 5.82 Å². The van der Waals surface area contributed by atoms with Gasteiger partial charge in [-0.3, -0.25) is 0 Å². The molecule has 1 heterocycles. The van der Waals surface area contributed by atoms with Crippen molar-refractivity contribution in [2.24, 2.45) is 7.05 Å². The fourth-order valence-electron chi connectivity index (χ4n) is 2.09. The molecule has 0 saturated carbocycles. The van der Waals surface area contributed by atoms with Crippen molar-refractivity contribution in [3.63, 3.8) is 0 Å². The lowest BCUT2D eigenvalue weighted by Gasteiger charge is -2.06. The first-order chi connectivity index (χ1) is 11.2. The highest BCUT2D eigenvalue weighted by atomic mass is 35.5. The Morgan fingerprint density at radius 1 is 1.38 bits per heavy atom. The number of halogens is 1. The van der Waals surface area contributed by atoms with Gasteiger partial charge in [-0.2, -0.15) is 0 Å². The second kappa shape index (κ2) is 7.14. The van der Waals surface area contributed by atoms with E-state index in [1.165, 1.54) is 17.7 Å². The van der Waals surface area contributed by atoms with E-state index < -0.39 is 14.8 Å². The Morgan fingerprint density at radius 2 is 2.00 bits per heavy atom. The molecule has 0 fully saturated rings. The van der Waals surface area contributed by atoms with Gasteiger partial charge in [0.25, 0.3) is 0 Å². The number of imidazole rings is 1. The molecule has 0 spiro atoms. The Balaban J connectivity index is 2.32. The third-order valence-electron chi connectivity index (χ3n) is 3.45. The van der Waals surface area contributed by atoms with Gasteiger partial charge in [0, 0.05) is 12.0 Å². The normalized spacial score (nSPS) is 12.4. The SMILES string of the molecule is Cc1ccc(S(=O)(=O)C/C(=C/c2ncc([N+](=O)[O-])n2C)CCl)cc1. The van der Waals surface area contributed by atoms with Gasteiger partial charge in [-0.05, 0) is 29.6 Å². The van der Waals surface area contributed by atoms with Crippen molar-refractivity contribution in [1.29, 1.82) is 0 Å². The van der Waals surface area contributed by atoms with Crippen molar-refractivity contribution in [1.82, 2.24) is 9.55 Å². The first-order valence-electron chi connectivity index (χ1n) is 6.95. The average molecular weight is 370 g/mol. The number of aromatic nitrogens is 2. The number of benzene rings is 1. The lowest BCUT2D eigenvalue weighted by Crippen LogP contribution is -2.10. The summed E-state index contributed by atoms with van der Waals surface area (Å²) < 4.78 is 26.2. The molecule has 7 nitrogen and oxygen atoms in total. The number of alkyl halides is 1. The average Bonchev–Trinajstić information content (AvgIpc) is 2.88. The zero-order valence-corrected chi connectivity index (χ0v) is 14.7. The maximum atomic E-state index is 12.5. The summed E-state index contributed by atoms with van der Waals surface area (Å²) >= 11 is 5.85. The van der Waals surface area contributed by atoms with Gasteiger partial charge in [-0.25, -0.2) is 18.0 Å². The molecule has 24 heavy (non-hydrogen) atoms. The molecule has 0 saturated heterocycles. The molecule has 0 radical (unpaired) electrons. The molecule has 0 aliphatic rings. The maximum absolute atomic E-state index is 12.5. The fourth-order valence-corrected chi connectivity index (χ4v) is 3.77. The van der Waals surface area contributed by atoms with Crippen molar-refractivity contribution < 1.29 is 13.3 Å². The molecule has 9 heteroatoms. The van der Waals surface area contributed by atoms with E-state index in [4.69, 9.17) is 11.6 Å². The Bertz CT molecular complexity index is 886. The first-order valence-corrected chi connectivity index (χ1v) is 9.14. The van der Waals surface area contributed by atoms with E-state index in [1.807, 2.05) is 6.92 Å². The summed E-state index contributed by atoms with van der Waals surface area (Å²) in [7, 11) is -2.07. The third kappa shape index (κ3) is 4.01. The van der Waals surface area contributed by atoms with Gasteiger partial charge in [-0.1, -0.05) is 17.7 Å². The molecule has 1 aromatic heterocycles. The van der Waals surface area contributed by atoms with E-state index in [1.54, 1.807) is 24.3 Å². The standard InChI is InChI=1S/C15H16ClN3O4S/c1-11-3-5-13(6-4-11)24(22,23)10-12(8-16)7-14-17-9-15(18(14)2)19(20)21/h3-7,9H,8,10H2,1-2H3/b12-7+. The molecule has 1 aromatic carbocycles. The molecule has 0 unspecified atom stereocenters. The van der Waals surface area contributed by atoms with E-state index in [2.05, 4.69) is 4.98 Å². The molecule has 128 valence electrons. The summed E-state index contributed by atoms with van der Waals surface area (Å²) in [5.41, 5.74) is 1.36. The number of hydrogen-bond donors (Lipinski definition) is 0. The Hall–Kier alpha value is -2.19. The van der Waals surface area contributed by atoms with Crippen LogP contribution in [0.5, 0.6) is 0 Å². The van der Waals surface area contributed by atoms with Crippen LogP contribution in [0.15, 0.2) is 40.9 Å². The number of aryl methyl sites for hydroxylation is 1. The second-order valence-electron chi connectivity index (χ2n) is 5.30. The summed E-state index contributed by atoms with van der Waals surface area (Å²) in [6, 6.07) is 6.53. The van der Waals surface area contributed by atoms with Gasteiger partial charge < -0.3 is 10.1 Å². The van der Waals surface area contributed by atoms with Crippen LogP contribution in [0.2, 0.25) is 0 Å². The maximum Gasteiger partial charge on any atom is 0.342 e. The predicted octanol–water partition coefficient (Wildman–Crippen LogP) is 2.73. The minimum atomic E-state index is -3.55. The smallest absolute Gasteiger partial charge is 0.342 e. The number of rotatable bonds is 6. The lowest BCUT2D eigenvalue weighted by molar-refractivity contribution is -0.391. The zero-order valence-electron chi connectivity index (χ0n) is 13.1. The van der Waals surface area contributed by atoms with E-state index in [-0.39, 0.29) is 28.2 Å². The largest absolute Gasteiger partial charge is 0.358 e. The predicted molar refractivity (Wildman–Crippen MR) is 91.8 cm³/mol. The minimum Gasteiger partial charge on any atom is -0.358 e. The molecule has 2 aromatic rings. The monoisotopic (exact) mass is 369 g/mol. The van der Waals surface area contributed by atoms with Crippen LogP contribution in [-0.4, -0.2) is 34.5 Å². The minimum absolute atomic E-state index is 0.0221. The van der Waals surface area contributed by atoms with Crippen LogP contribution < -0.4 is 0 Å². The van der Waals surface area contributed by atoms with Crippen molar-refractivity contribution in [2.45, 2.75) is 11.8 Å². The number of sulfone groups is 1. The van der Waals surface area contributed by atoms with Gasteiger partial charge in [-0.15, -0.1) is 11.6 Å². The topological polar surface area (TPSA) is 95.1 Å². The van der Waals surface area contributed by atoms with E-state index in [9.17, 15) is 18.5 Å². The van der Waals surface area contributed by atoms with Crippen LogP contribution in [0.4, 0.5) is 5.82 Å². The molecule has 0 aliphatic carbocycles. The van der Waals surface area contributed by atoms with Crippen molar-refractivity contribution >= 4 is 33.3 Å². The molecular formula is C15H16ClN3O4S. The summed E-state index contributed by atoms with van der Waals surface area (Å²) in [5, 5.41) is 10.8. The van der Waals surface area contributed by atoms with Crippen molar-refractivity contribution in [3.8, 4) is 0 Å². The Labute approximate surface area is 144 Å². The van der Waals surface area contributed by atoms with Crippen molar-refractivity contribution in [3.05, 3.63) is 57.5 Å². The highest BCUT2D eigenvalue weighted by Gasteiger charge is 2.19. The zero-order chi connectivity index (χ0) is 17.9. The van der Waals surface area contributed by atoms with Gasteiger partial charge >= 0.3 is 5.82 Å². The first kappa shape index (κ1) is 18.2. The van der Waals surface area contributed by atoms with Crippen LogP contribution >= 0.6 is 11.6 Å². The van der Waals surface area contributed by atoms with E-state index in [0.29, 0.717) is 5.57 Å². The molecule has 0 amide bonds. The Kier molecular flexibility index (Phi) is 5.40. The van der Waals surface area contributed by atoms with Crippen molar-refractivity contribution in [2.75, 3.05) is 11.6 Å². The number of nitro groups is 1. The molecule has 0 N–H and O–H groups in total. The van der Waals surface area contributed by atoms with Gasteiger partial charge in [0.1, 0.15) is 6.20 Å². The van der Waals surface area contributed by atoms with Gasteiger partial charge in [0.15, 0.2) is 9.84 Å². The third-order valence-corrected chi connectivity index (χ3v) is 5.53. The van der Waals surface area contributed by atoms with Crippen LogP contribution in [0, 0.1) is 17.0 Å². The second-order valence-corrected chi connectivity index (χ2v) is 7.56. The van der Waals surface area contributed by atoms with E-state index in [0.717, 1.165) is 11.8 Å². The number of hydrogen-bond acceptors (Lipinski definition) is 5. The fraction of sp³-hybridized carbons (Fsp3) is 0.267. The summed E-state index contributed by atoms with van der Waals surface area (Å²) in [4.78, 5) is 14.4. The summed E-state index contributed by atoms with van der Waals surface area (Å²) in [6.07, 6.45) is 2.58. The lowest BCUT2D eigenvalue weighted by atomic mass is 10.2. The van der Waals surface area contributed by atoms with Crippen LogP contribution in [0.1, 0.15) is 11.4 Å². The molecule has 0 atom stereocenters. The highest BCUT2D eigenvalue weighted by Crippen LogP contribution is 2.19.